The Bertz CT molecular complexity index is 918. The summed E-state index contributed by atoms with van der Waals surface area (Å²) in [6.45, 7) is 15.2. The molecule has 0 aliphatic carbocycles. The van der Waals surface area contributed by atoms with E-state index in [1.165, 1.54) is 145 Å². The fraction of sp³-hybridized carbons (Fsp3) is 0.625. The Morgan fingerprint density at radius 3 is 0.647 bits per heavy atom. The molecule has 0 spiro atoms. The Kier molecular flexibility index (Phi) is 39.2. The number of unbranched alkanes of at least 4 members (excludes halogenated alkanes) is 15. The van der Waals surface area contributed by atoms with E-state index >= 15 is 0 Å². The molecule has 0 fully saturated rings. The summed E-state index contributed by atoms with van der Waals surface area (Å²) in [4.78, 5) is 0. The highest BCUT2D eigenvalue weighted by Crippen LogP contribution is 2.16. The van der Waals surface area contributed by atoms with Crippen molar-refractivity contribution in [2.45, 2.75) is 196 Å². The van der Waals surface area contributed by atoms with Crippen molar-refractivity contribution in [1.29, 1.82) is 0 Å². The maximum Gasteiger partial charge on any atom is 0.115 e. The van der Waals surface area contributed by atoms with Gasteiger partial charge in [0.1, 0.15) is 17.2 Å². The Labute approximate surface area is 317 Å². The third kappa shape index (κ3) is 36.6. The van der Waals surface area contributed by atoms with E-state index in [0.29, 0.717) is 17.2 Å². The monoisotopic (exact) mass is 707 g/mol. The number of phenols is 3. The standard InChI is InChI=1S/3C14H22O.2C3H8/c3*1-2-3-4-5-6-7-8-13-9-11-14(15)12-10-13;2*1-3-2/h3*9-12,15H,2-8H2,1H3;2*3H2,1-2H3. The second kappa shape index (κ2) is 39.8. The zero-order chi connectivity index (χ0) is 38.2. The van der Waals surface area contributed by atoms with E-state index < -0.39 is 0 Å². The summed E-state index contributed by atoms with van der Waals surface area (Å²) in [6.07, 6.45) is 30.1. The minimum Gasteiger partial charge on any atom is -0.508 e. The zero-order valence-corrected chi connectivity index (χ0v) is 34.5. The highest BCUT2D eigenvalue weighted by atomic mass is 16.3. The van der Waals surface area contributed by atoms with Gasteiger partial charge in [0, 0.05) is 0 Å². The number of rotatable bonds is 21. The van der Waals surface area contributed by atoms with Gasteiger partial charge in [0.25, 0.3) is 0 Å². The summed E-state index contributed by atoms with van der Waals surface area (Å²) in [5.41, 5.74) is 4.01. The molecule has 0 aliphatic heterocycles. The summed E-state index contributed by atoms with van der Waals surface area (Å²) in [5, 5.41) is 27.4. The van der Waals surface area contributed by atoms with Gasteiger partial charge in [-0.2, -0.15) is 0 Å². The Morgan fingerprint density at radius 1 is 0.275 bits per heavy atom. The molecule has 0 aliphatic rings. The van der Waals surface area contributed by atoms with Crippen LogP contribution in [0.5, 0.6) is 17.2 Å². The van der Waals surface area contributed by atoms with Crippen LogP contribution in [0.4, 0.5) is 0 Å². The highest BCUT2D eigenvalue weighted by molar-refractivity contribution is 5.27. The molecule has 3 heteroatoms. The van der Waals surface area contributed by atoms with Crippen LogP contribution < -0.4 is 0 Å². The number of benzene rings is 3. The van der Waals surface area contributed by atoms with Crippen molar-refractivity contribution in [2.24, 2.45) is 0 Å². The van der Waals surface area contributed by atoms with E-state index in [-0.39, 0.29) is 0 Å². The minimum absolute atomic E-state index is 0.363. The first-order valence-electron chi connectivity index (χ1n) is 21.1. The van der Waals surface area contributed by atoms with E-state index in [9.17, 15) is 0 Å². The molecule has 3 N–H and O–H groups in total. The van der Waals surface area contributed by atoms with Crippen LogP contribution >= 0.6 is 0 Å². The van der Waals surface area contributed by atoms with Gasteiger partial charge >= 0.3 is 0 Å². The zero-order valence-electron chi connectivity index (χ0n) is 34.5. The summed E-state index contributed by atoms with van der Waals surface area (Å²) < 4.78 is 0. The summed E-state index contributed by atoms with van der Waals surface area (Å²) in [6, 6.07) is 22.7. The number of hydrogen-bond acceptors (Lipinski definition) is 3. The molecule has 0 atom stereocenters. The van der Waals surface area contributed by atoms with Gasteiger partial charge in [-0.3, -0.25) is 0 Å². The fourth-order valence-corrected chi connectivity index (χ4v) is 5.32. The lowest BCUT2D eigenvalue weighted by atomic mass is 10.1. The number of aromatic hydroxyl groups is 3. The average Bonchev–Trinajstić information content (AvgIpc) is 3.13. The second-order valence-corrected chi connectivity index (χ2v) is 14.0. The van der Waals surface area contributed by atoms with Crippen LogP contribution in [0.25, 0.3) is 0 Å². The number of aryl methyl sites for hydroxylation is 3. The van der Waals surface area contributed by atoms with Crippen molar-refractivity contribution in [3.8, 4) is 17.2 Å². The normalized spacial score (nSPS) is 9.94. The highest BCUT2D eigenvalue weighted by Gasteiger charge is 1.97. The van der Waals surface area contributed by atoms with Gasteiger partial charge in [-0.05, 0) is 91.6 Å². The van der Waals surface area contributed by atoms with Gasteiger partial charge in [0.2, 0.25) is 0 Å². The first-order chi connectivity index (χ1) is 24.8. The van der Waals surface area contributed by atoms with Crippen LogP contribution in [0.3, 0.4) is 0 Å². The molecule has 0 heterocycles. The molecule has 0 radical (unpaired) electrons. The van der Waals surface area contributed by atoms with Gasteiger partial charge in [-0.15, -0.1) is 0 Å². The molecule has 0 unspecified atom stereocenters. The van der Waals surface area contributed by atoms with Crippen LogP contribution in [0.2, 0.25) is 0 Å². The van der Waals surface area contributed by atoms with E-state index in [1.54, 1.807) is 36.4 Å². The Balaban J connectivity index is 0. The Morgan fingerprint density at radius 2 is 0.451 bits per heavy atom. The molecule has 51 heavy (non-hydrogen) atoms. The van der Waals surface area contributed by atoms with Gasteiger partial charge in [-0.25, -0.2) is 0 Å². The fourth-order valence-electron chi connectivity index (χ4n) is 5.32. The van der Waals surface area contributed by atoms with Crippen LogP contribution in [0.15, 0.2) is 72.8 Å². The van der Waals surface area contributed by atoms with Crippen molar-refractivity contribution >= 4 is 0 Å². The van der Waals surface area contributed by atoms with Crippen molar-refractivity contribution in [1.82, 2.24) is 0 Å². The molecule has 292 valence electrons. The van der Waals surface area contributed by atoms with Crippen LogP contribution in [-0.4, -0.2) is 15.3 Å². The van der Waals surface area contributed by atoms with Gasteiger partial charge in [-0.1, -0.05) is 194 Å². The molecular weight excluding hydrogens is 625 g/mol. The predicted molar refractivity (Wildman–Crippen MR) is 227 cm³/mol. The third-order valence-corrected chi connectivity index (χ3v) is 8.27. The first kappa shape index (κ1) is 50.2. The van der Waals surface area contributed by atoms with Crippen LogP contribution in [0, 0.1) is 0 Å². The van der Waals surface area contributed by atoms with Crippen molar-refractivity contribution in [3.63, 3.8) is 0 Å². The second-order valence-electron chi connectivity index (χ2n) is 14.0. The third-order valence-electron chi connectivity index (χ3n) is 8.27. The van der Waals surface area contributed by atoms with Gasteiger partial charge in [0.15, 0.2) is 0 Å². The predicted octanol–water partition coefficient (Wildman–Crippen LogP) is 15.7. The van der Waals surface area contributed by atoms with Crippen molar-refractivity contribution < 1.29 is 15.3 Å². The molecule has 3 aromatic rings. The van der Waals surface area contributed by atoms with Crippen LogP contribution in [0.1, 0.15) is 194 Å². The SMILES string of the molecule is CCC.CCC.CCCCCCCCc1ccc(O)cc1.CCCCCCCCc1ccc(O)cc1.CCCCCCCCc1ccc(O)cc1. The van der Waals surface area contributed by atoms with E-state index in [0.717, 1.165) is 19.3 Å². The molecule has 0 saturated heterocycles. The molecule has 0 aromatic heterocycles. The Hall–Kier alpha value is -2.94. The van der Waals surface area contributed by atoms with Crippen molar-refractivity contribution in [2.75, 3.05) is 0 Å². The van der Waals surface area contributed by atoms with Crippen LogP contribution in [-0.2, 0) is 19.3 Å². The summed E-state index contributed by atoms with van der Waals surface area (Å²) in [5.74, 6) is 1.09. The van der Waals surface area contributed by atoms with Gasteiger partial charge in [0.05, 0.1) is 0 Å². The van der Waals surface area contributed by atoms with E-state index in [1.807, 2.05) is 36.4 Å². The maximum absolute atomic E-state index is 9.13. The summed E-state index contributed by atoms with van der Waals surface area (Å²) >= 11 is 0. The lowest BCUT2D eigenvalue weighted by Crippen LogP contribution is -1.85. The minimum atomic E-state index is 0.363. The van der Waals surface area contributed by atoms with E-state index in [2.05, 4.69) is 48.5 Å². The topological polar surface area (TPSA) is 60.7 Å². The molecule has 0 saturated carbocycles. The lowest BCUT2D eigenvalue weighted by molar-refractivity contribution is 0.474. The summed E-state index contributed by atoms with van der Waals surface area (Å²) in [7, 11) is 0. The average molecular weight is 707 g/mol. The van der Waals surface area contributed by atoms with Gasteiger partial charge < -0.3 is 15.3 Å². The lowest BCUT2D eigenvalue weighted by Gasteiger charge is -2.02. The quantitative estimate of drug-likeness (QED) is 0.0966. The molecule has 3 rings (SSSR count). The maximum atomic E-state index is 9.13. The molecule has 3 nitrogen and oxygen atoms in total. The molecular formula is C48H82O3. The van der Waals surface area contributed by atoms with Crippen molar-refractivity contribution in [3.05, 3.63) is 89.5 Å². The number of hydrogen-bond donors (Lipinski definition) is 3. The molecule has 3 aromatic carbocycles. The largest absolute Gasteiger partial charge is 0.508 e. The molecule has 0 bridgehead atoms. The first-order valence-corrected chi connectivity index (χ1v) is 21.1. The smallest absolute Gasteiger partial charge is 0.115 e. The molecule has 0 amide bonds. The van der Waals surface area contributed by atoms with E-state index in [4.69, 9.17) is 15.3 Å². The number of phenolic OH excluding ortho intramolecular Hbond substituents is 3.